The van der Waals surface area contributed by atoms with E-state index in [0.717, 1.165) is 31.0 Å². The highest BCUT2D eigenvalue weighted by molar-refractivity contribution is 9.09. The molecule has 0 aromatic rings. The van der Waals surface area contributed by atoms with Crippen LogP contribution in [0.5, 0.6) is 0 Å². The average Bonchev–Trinajstić information content (AvgIpc) is 3.05. The summed E-state index contributed by atoms with van der Waals surface area (Å²) < 4.78 is 10.5. The maximum Gasteiger partial charge on any atom is 0.334 e. The number of hydrogen-bond donors (Lipinski definition) is 1. The predicted octanol–water partition coefficient (Wildman–Crippen LogP) is 2.09. The fourth-order valence-corrected chi connectivity index (χ4v) is 3.53. The molecule has 0 aliphatic carbocycles. The van der Waals surface area contributed by atoms with E-state index in [0.29, 0.717) is 12.0 Å². The normalized spacial score (nSPS) is 32.0. The molecule has 0 amide bonds. The third kappa shape index (κ3) is 3.48. The highest BCUT2D eigenvalue weighted by Crippen LogP contribution is 2.37. The molecule has 2 heterocycles. The number of carbonyl (C=O) groups excluding carboxylic acids is 2. The van der Waals surface area contributed by atoms with Crippen LogP contribution in [-0.2, 0) is 19.1 Å². The zero-order valence-electron chi connectivity index (χ0n) is 12.5. The van der Waals surface area contributed by atoms with Gasteiger partial charge in [0.25, 0.3) is 0 Å². The van der Waals surface area contributed by atoms with Crippen LogP contribution in [0.3, 0.4) is 0 Å². The molecule has 5 nitrogen and oxygen atoms in total. The molecular weight excluding hydrogens is 338 g/mol. The quantitative estimate of drug-likeness (QED) is 0.446. The lowest BCUT2D eigenvalue weighted by Crippen LogP contribution is -2.50. The van der Waals surface area contributed by atoms with Crippen LogP contribution in [0.2, 0.25) is 0 Å². The van der Waals surface area contributed by atoms with Crippen molar-refractivity contribution in [2.24, 2.45) is 0 Å². The molecule has 0 spiro atoms. The number of rotatable bonds is 6. The van der Waals surface area contributed by atoms with Gasteiger partial charge in [-0.2, -0.15) is 0 Å². The van der Waals surface area contributed by atoms with Gasteiger partial charge in [0.05, 0.1) is 13.2 Å². The lowest BCUT2D eigenvalue weighted by atomic mass is 9.87. The lowest BCUT2D eigenvalue weighted by Gasteiger charge is -2.33. The van der Waals surface area contributed by atoms with Gasteiger partial charge in [-0.1, -0.05) is 15.9 Å². The first-order chi connectivity index (χ1) is 10.0. The van der Waals surface area contributed by atoms with Crippen molar-refractivity contribution in [3.05, 3.63) is 11.6 Å². The minimum Gasteiger partial charge on any atom is -0.468 e. The van der Waals surface area contributed by atoms with E-state index in [1.807, 2.05) is 6.08 Å². The van der Waals surface area contributed by atoms with E-state index in [1.165, 1.54) is 7.11 Å². The minimum absolute atomic E-state index is 0.0293. The summed E-state index contributed by atoms with van der Waals surface area (Å²) in [7, 11) is 1.39. The predicted molar refractivity (Wildman–Crippen MR) is 82.2 cm³/mol. The van der Waals surface area contributed by atoms with Gasteiger partial charge in [0.15, 0.2) is 0 Å². The molecular formula is C15H22BrNO4. The van der Waals surface area contributed by atoms with Gasteiger partial charge in [0.1, 0.15) is 11.6 Å². The van der Waals surface area contributed by atoms with Crippen molar-refractivity contribution in [2.75, 3.05) is 12.4 Å². The number of hydrogen-bond acceptors (Lipinski definition) is 5. The smallest absolute Gasteiger partial charge is 0.334 e. The molecule has 0 aromatic carbocycles. The topological polar surface area (TPSA) is 64.6 Å². The van der Waals surface area contributed by atoms with Crippen molar-refractivity contribution in [1.29, 1.82) is 0 Å². The second-order valence-electron chi connectivity index (χ2n) is 5.69. The summed E-state index contributed by atoms with van der Waals surface area (Å²) in [6.45, 7) is 1.78. The Morgan fingerprint density at radius 2 is 2.29 bits per heavy atom. The van der Waals surface area contributed by atoms with Crippen molar-refractivity contribution < 1.29 is 19.1 Å². The molecule has 118 valence electrons. The van der Waals surface area contributed by atoms with Crippen LogP contribution in [0.15, 0.2) is 11.6 Å². The highest BCUT2D eigenvalue weighted by atomic mass is 79.9. The van der Waals surface area contributed by atoms with Crippen LogP contribution in [0, 0.1) is 0 Å². The lowest BCUT2D eigenvalue weighted by molar-refractivity contribution is -0.149. The maximum absolute atomic E-state index is 11.8. The first-order valence-electron chi connectivity index (χ1n) is 7.35. The van der Waals surface area contributed by atoms with Crippen molar-refractivity contribution in [3.8, 4) is 0 Å². The van der Waals surface area contributed by atoms with Gasteiger partial charge in [-0.25, -0.2) is 4.79 Å². The van der Waals surface area contributed by atoms with E-state index in [1.54, 1.807) is 6.92 Å². The Hall–Kier alpha value is -0.880. The van der Waals surface area contributed by atoms with Crippen LogP contribution < -0.4 is 5.32 Å². The molecule has 21 heavy (non-hydrogen) atoms. The maximum atomic E-state index is 11.8. The Kier molecular flexibility index (Phi) is 5.43. The van der Waals surface area contributed by atoms with Crippen LogP contribution in [0.25, 0.3) is 0 Å². The SMILES string of the molecule is COC(=O)[C@@H]1CC[C@@H]([C@]2(CCCCBr)C=C(C)C(=O)O2)N1. The molecule has 2 aliphatic rings. The first-order valence-corrected chi connectivity index (χ1v) is 8.47. The molecule has 1 N–H and O–H groups in total. The number of alkyl halides is 1. The fourth-order valence-electron chi connectivity index (χ4n) is 3.13. The average molecular weight is 360 g/mol. The van der Waals surface area contributed by atoms with Crippen molar-refractivity contribution >= 4 is 27.9 Å². The van der Waals surface area contributed by atoms with Crippen LogP contribution in [-0.4, -0.2) is 42.1 Å². The Bertz CT molecular complexity index is 451. The molecule has 6 heteroatoms. The summed E-state index contributed by atoms with van der Waals surface area (Å²) in [5.41, 5.74) is 0.0312. The van der Waals surface area contributed by atoms with Gasteiger partial charge in [-0.05, 0) is 45.1 Å². The molecule has 0 unspecified atom stereocenters. The Labute approximate surface area is 133 Å². The van der Waals surface area contributed by atoms with E-state index in [2.05, 4.69) is 21.2 Å². The Morgan fingerprint density at radius 1 is 1.52 bits per heavy atom. The third-order valence-corrected chi connectivity index (χ3v) is 4.80. The molecule has 2 aliphatic heterocycles. The molecule has 1 fully saturated rings. The number of unbranched alkanes of at least 4 members (excludes halogenated alkanes) is 1. The Balaban J connectivity index is 2.10. The zero-order chi connectivity index (χ0) is 15.5. The number of halogens is 1. The summed E-state index contributed by atoms with van der Waals surface area (Å²) in [6, 6.07) is -0.334. The van der Waals surface area contributed by atoms with E-state index >= 15 is 0 Å². The van der Waals surface area contributed by atoms with Gasteiger partial charge in [-0.3, -0.25) is 10.1 Å². The van der Waals surface area contributed by atoms with Crippen molar-refractivity contribution in [1.82, 2.24) is 5.32 Å². The van der Waals surface area contributed by atoms with Gasteiger partial charge in [0, 0.05) is 10.9 Å². The highest BCUT2D eigenvalue weighted by Gasteiger charge is 2.48. The van der Waals surface area contributed by atoms with Gasteiger partial charge in [-0.15, -0.1) is 0 Å². The van der Waals surface area contributed by atoms with E-state index < -0.39 is 5.60 Å². The minimum atomic E-state index is -0.619. The molecule has 1 saturated heterocycles. The number of methoxy groups -OCH3 is 1. The number of nitrogens with one attached hydrogen (secondary N) is 1. The second-order valence-corrected chi connectivity index (χ2v) is 6.48. The third-order valence-electron chi connectivity index (χ3n) is 4.24. The van der Waals surface area contributed by atoms with Crippen LogP contribution in [0.1, 0.15) is 39.0 Å². The number of cyclic esters (lactones) is 1. The fraction of sp³-hybridized carbons (Fsp3) is 0.733. The van der Waals surface area contributed by atoms with Gasteiger partial charge >= 0.3 is 11.9 Å². The molecule has 0 saturated carbocycles. The molecule has 2 rings (SSSR count). The van der Waals surface area contributed by atoms with Crippen molar-refractivity contribution in [3.63, 3.8) is 0 Å². The second kappa shape index (κ2) is 6.92. The van der Waals surface area contributed by atoms with Gasteiger partial charge < -0.3 is 9.47 Å². The summed E-state index contributed by atoms with van der Waals surface area (Å²) in [5.74, 6) is -0.504. The van der Waals surface area contributed by atoms with Crippen molar-refractivity contribution in [2.45, 2.75) is 56.7 Å². The largest absolute Gasteiger partial charge is 0.468 e. The molecule has 0 radical (unpaired) electrons. The molecule has 0 aromatic heterocycles. The zero-order valence-corrected chi connectivity index (χ0v) is 14.1. The summed E-state index contributed by atoms with van der Waals surface area (Å²) >= 11 is 3.42. The summed E-state index contributed by atoms with van der Waals surface area (Å²) in [6.07, 6.45) is 6.20. The van der Waals surface area contributed by atoms with Crippen LogP contribution >= 0.6 is 15.9 Å². The van der Waals surface area contributed by atoms with E-state index in [-0.39, 0.29) is 24.0 Å². The monoisotopic (exact) mass is 359 g/mol. The summed E-state index contributed by atoms with van der Waals surface area (Å²) in [5, 5.41) is 4.22. The number of ether oxygens (including phenoxy) is 2. The molecule has 0 bridgehead atoms. The standard InChI is InChI=1S/C15H22BrNO4/c1-10-9-15(21-13(10)18,7-3-4-8-16)12-6-5-11(17-12)14(19)20-2/h9,11-12,17H,3-8H2,1-2H3/t11-,12-,15-/m0/s1. The summed E-state index contributed by atoms with van der Waals surface area (Å²) in [4.78, 5) is 23.5. The first kappa shape index (κ1) is 16.5. The molecule has 3 atom stereocenters. The van der Waals surface area contributed by atoms with E-state index in [9.17, 15) is 9.59 Å². The van der Waals surface area contributed by atoms with Gasteiger partial charge in [0.2, 0.25) is 0 Å². The Morgan fingerprint density at radius 3 is 2.86 bits per heavy atom. The number of esters is 2. The number of carbonyl (C=O) groups is 2. The van der Waals surface area contributed by atoms with Crippen LogP contribution in [0.4, 0.5) is 0 Å². The van der Waals surface area contributed by atoms with E-state index in [4.69, 9.17) is 9.47 Å².